The first-order valence-corrected chi connectivity index (χ1v) is 6.74. The Bertz CT molecular complexity index is 119. The van der Waals surface area contributed by atoms with E-state index in [2.05, 4.69) is 39.1 Å². The molecule has 0 atom stereocenters. The fourth-order valence-electron chi connectivity index (χ4n) is 0.0257. The molecule has 0 aliphatic carbocycles. The summed E-state index contributed by atoms with van der Waals surface area (Å²) in [5.41, 5.74) is 0. The Morgan fingerprint density at radius 3 is 1.15 bits per heavy atom. The molecule has 13 heteroatoms. The average molecular weight is 510 g/mol. The zero-order chi connectivity index (χ0) is 9.98. The maximum Gasteiger partial charge on any atom is 2.00 e. The molecule has 0 saturated heterocycles. The fourth-order valence-corrected chi connectivity index (χ4v) is 1.55. The minimum absolute atomic E-state index is 0. The Morgan fingerprint density at radius 2 is 1.15 bits per heavy atom. The molecule has 0 amide bonds. The van der Waals surface area contributed by atoms with E-state index in [1.54, 1.807) is 0 Å². The second kappa shape index (κ2) is 17.1. The van der Waals surface area contributed by atoms with Gasteiger partial charge in [-0.3, -0.25) is 8.92 Å². The van der Waals surface area contributed by atoms with E-state index in [9.17, 15) is 8.92 Å². The van der Waals surface area contributed by atoms with Crippen molar-refractivity contribution in [1.82, 2.24) is 0 Å². The third-order valence-corrected chi connectivity index (χ3v) is 3.76. The third kappa shape index (κ3) is 20.7. The quantitative estimate of drug-likeness (QED) is 0.300. The molecule has 0 aromatic rings. The van der Waals surface area contributed by atoms with Gasteiger partial charge in [-0.15, -0.1) is 0 Å². The molecule has 72 valence electrons. The van der Waals surface area contributed by atoms with E-state index in [-0.39, 0.29) is 37.7 Å². The second-order valence-electron chi connectivity index (χ2n) is 0.821. The van der Waals surface area contributed by atoms with Crippen LogP contribution in [0.15, 0.2) is 0 Å². The second-order valence-corrected chi connectivity index (χ2v) is 6.11. The topological polar surface area (TPSA) is 71.1 Å². The standard InChI is InChI=1S/Ca.2HIO3SSi/c;2*1-3-6(2)4-5/h;2*5H/q+2;;/p-2. The van der Waals surface area contributed by atoms with Crippen LogP contribution in [0.5, 0.6) is 0 Å². The van der Waals surface area contributed by atoms with Gasteiger partial charge in [0, 0.05) is 0 Å². The molecule has 0 rings (SSSR count). The summed E-state index contributed by atoms with van der Waals surface area (Å²) in [6, 6.07) is 0. The van der Waals surface area contributed by atoms with Crippen molar-refractivity contribution < 1.29 is 22.2 Å². The molecule has 0 saturated carbocycles. The van der Waals surface area contributed by atoms with Crippen molar-refractivity contribution in [3.63, 3.8) is 0 Å². The van der Waals surface area contributed by atoms with Crippen molar-refractivity contribution in [1.29, 1.82) is 0 Å². The monoisotopic (exact) mass is 510 g/mol. The molecule has 0 aromatic carbocycles. The van der Waals surface area contributed by atoms with Crippen LogP contribution in [0.4, 0.5) is 0 Å². The maximum atomic E-state index is 9.81. The van der Waals surface area contributed by atoms with Crippen LogP contribution in [0.1, 0.15) is 0 Å². The van der Waals surface area contributed by atoms with Crippen molar-refractivity contribution in [2.24, 2.45) is 0 Å². The number of hydrogen-bond acceptors (Lipinski definition) is 8. The van der Waals surface area contributed by atoms with Gasteiger partial charge in [0.2, 0.25) is 0 Å². The first-order valence-electron chi connectivity index (χ1n) is 1.87. The minimum Gasteiger partial charge on any atom is -0.646 e. The summed E-state index contributed by atoms with van der Waals surface area (Å²) in [7, 11) is -4.63. The van der Waals surface area contributed by atoms with E-state index in [1.807, 2.05) is 0 Å². The van der Waals surface area contributed by atoms with Gasteiger partial charge in [-0.05, 0) is 0 Å². The molecule has 0 aliphatic heterocycles. The van der Waals surface area contributed by atoms with Crippen LogP contribution < -0.4 is 0 Å². The molecule has 0 aromatic heterocycles. The predicted octanol–water partition coefficient (Wildman–Crippen LogP) is 0.113. The Balaban J connectivity index is -0.000000143. The number of hydrogen-bond donors (Lipinski definition) is 0. The van der Waals surface area contributed by atoms with E-state index in [4.69, 9.17) is 0 Å². The van der Waals surface area contributed by atoms with Gasteiger partial charge in [-0.25, -0.2) is 0 Å². The van der Waals surface area contributed by atoms with Crippen LogP contribution in [-0.2, 0) is 48.0 Å². The van der Waals surface area contributed by atoms with Crippen molar-refractivity contribution in [2.45, 2.75) is 0 Å². The number of rotatable bonds is 4. The molecular formula is CaI2O6S2Si2. The van der Waals surface area contributed by atoms with Gasteiger partial charge in [0.1, 0.15) is 0 Å². The zero-order valence-corrected chi connectivity index (χ0v) is 15.9. The summed E-state index contributed by atoms with van der Waals surface area (Å²) >= 11 is 10.7. The molecule has 0 radical (unpaired) electrons. The molecule has 0 N–H and O–H groups in total. The van der Waals surface area contributed by atoms with E-state index in [0.29, 0.717) is 0 Å². The van der Waals surface area contributed by atoms with Gasteiger partial charge in [-0.1, -0.05) is 0 Å². The van der Waals surface area contributed by atoms with E-state index >= 15 is 0 Å². The third-order valence-electron chi connectivity index (χ3n) is 0.262. The Labute approximate surface area is 147 Å². The molecule has 0 bridgehead atoms. The Kier molecular flexibility index (Phi) is 27.6. The summed E-state index contributed by atoms with van der Waals surface area (Å²) < 4.78 is 35.4. The molecule has 0 aliphatic rings. The molecular weight excluding hydrogens is 510 g/mol. The molecule has 0 spiro atoms. The van der Waals surface area contributed by atoms with Crippen molar-refractivity contribution in [2.75, 3.05) is 0 Å². The van der Waals surface area contributed by atoms with Gasteiger partial charge in [-0.2, -0.15) is 0 Å². The Morgan fingerprint density at radius 1 is 0.923 bits per heavy atom. The first-order chi connectivity index (χ1) is 5.62. The molecule has 0 heterocycles. The maximum absolute atomic E-state index is 9.81. The van der Waals surface area contributed by atoms with E-state index in [0.717, 1.165) is 0 Å². The average Bonchev–Trinajstić information content (AvgIpc) is 2.16. The van der Waals surface area contributed by atoms with Crippen LogP contribution in [0.3, 0.4) is 0 Å². The summed E-state index contributed by atoms with van der Waals surface area (Å²) in [5.74, 6) is 0. The molecule has 0 unspecified atom stereocenters. The van der Waals surface area contributed by atoms with Gasteiger partial charge in [0.15, 0.2) is 46.0 Å². The van der Waals surface area contributed by atoms with Gasteiger partial charge >= 0.3 is 56.1 Å². The zero-order valence-electron chi connectivity index (χ0n) is 5.73. The fraction of sp³-hybridized carbons (Fsp3) is 0. The summed E-state index contributed by atoms with van der Waals surface area (Å²) in [5, 5.41) is 0. The van der Waals surface area contributed by atoms with Crippen LogP contribution in [-0.4, -0.2) is 56.1 Å². The number of halogens is 2. The van der Waals surface area contributed by atoms with Gasteiger partial charge in [0.25, 0.3) is 0 Å². The van der Waals surface area contributed by atoms with Crippen molar-refractivity contribution >= 4 is 128 Å². The summed E-state index contributed by atoms with van der Waals surface area (Å²) in [6.07, 6.45) is 0. The van der Waals surface area contributed by atoms with Gasteiger partial charge in [0.05, 0.1) is 0 Å². The molecule has 0 fully saturated rings. The SMILES string of the molecule is O=[Si](O[S-])OI.O=[Si](O[S-])OI.[Ca+2]. The molecule has 6 nitrogen and oxygen atoms in total. The van der Waals surface area contributed by atoms with Crippen LogP contribution in [0.2, 0.25) is 0 Å². The van der Waals surface area contributed by atoms with Crippen LogP contribution in [0, 0.1) is 0 Å². The van der Waals surface area contributed by atoms with E-state index < -0.39 is 18.3 Å². The van der Waals surface area contributed by atoms with E-state index in [1.165, 1.54) is 46.0 Å². The summed E-state index contributed by atoms with van der Waals surface area (Å²) in [6.45, 7) is 0. The van der Waals surface area contributed by atoms with Crippen molar-refractivity contribution in [3.05, 3.63) is 0 Å². The normalized spacial score (nSPS) is 6.46. The van der Waals surface area contributed by atoms with Crippen LogP contribution >= 0.6 is 46.0 Å². The van der Waals surface area contributed by atoms with Crippen LogP contribution in [0.25, 0.3) is 0 Å². The largest absolute Gasteiger partial charge is 2.00 e. The van der Waals surface area contributed by atoms with Gasteiger partial charge < -0.3 is 39.1 Å². The minimum atomic E-state index is -2.32. The first kappa shape index (κ1) is 21.0. The summed E-state index contributed by atoms with van der Waals surface area (Å²) in [4.78, 5) is 0. The smallest absolute Gasteiger partial charge is 0.646 e. The molecule has 13 heavy (non-hydrogen) atoms. The Hall–Kier alpha value is 2.65. The van der Waals surface area contributed by atoms with Crippen molar-refractivity contribution in [3.8, 4) is 0 Å². The predicted molar refractivity (Wildman–Crippen MR) is 65.7 cm³/mol.